The van der Waals surface area contributed by atoms with Crippen LogP contribution in [-0.4, -0.2) is 42.5 Å². The molecule has 1 aliphatic rings. The lowest BCUT2D eigenvalue weighted by Crippen LogP contribution is -2.50. The lowest BCUT2D eigenvalue weighted by molar-refractivity contribution is 0.142. The summed E-state index contributed by atoms with van der Waals surface area (Å²) in [5, 5.41) is 4.72. The molecule has 1 aromatic rings. The Morgan fingerprint density at radius 1 is 1.55 bits per heavy atom. The Balaban J connectivity index is 1.85. The average molecular weight is 323 g/mol. The van der Waals surface area contributed by atoms with Crippen LogP contribution < -0.4 is 5.32 Å². The summed E-state index contributed by atoms with van der Waals surface area (Å²) >= 11 is 1.78. The van der Waals surface area contributed by atoms with Gasteiger partial charge in [0.05, 0.1) is 5.01 Å². The van der Waals surface area contributed by atoms with E-state index >= 15 is 0 Å². The molecule has 1 atom stereocenters. The zero-order chi connectivity index (χ0) is 16.0. The van der Waals surface area contributed by atoms with Crippen molar-refractivity contribution in [2.75, 3.05) is 26.7 Å². The fourth-order valence-electron chi connectivity index (χ4n) is 3.43. The van der Waals surface area contributed by atoms with E-state index in [1.807, 2.05) is 13.2 Å². The van der Waals surface area contributed by atoms with Crippen LogP contribution in [0, 0.1) is 12.3 Å². The highest BCUT2D eigenvalue weighted by molar-refractivity contribution is 7.11. The molecule has 1 fully saturated rings. The van der Waals surface area contributed by atoms with E-state index in [2.05, 4.69) is 41.0 Å². The Morgan fingerprint density at radius 2 is 2.36 bits per heavy atom. The molecule has 2 rings (SSSR count). The lowest BCUT2D eigenvalue weighted by Gasteiger charge is -2.42. The van der Waals surface area contributed by atoms with Crippen LogP contribution in [0.2, 0.25) is 0 Å². The highest BCUT2D eigenvalue weighted by Crippen LogP contribution is 2.33. The summed E-state index contributed by atoms with van der Waals surface area (Å²) < 4.78 is 0. The third-order valence-electron chi connectivity index (χ3n) is 4.44. The molecule has 22 heavy (non-hydrogen) atoms. The number of aryl methyl sites for hydroxylation is 1. The molecule has 2 heterocycles. The number of thiazole rings is 1. The molecule has 0 spiro atoms. The van der Waals surface area contributed by atoms with E-state index in [0.717, 1.165) is 32.0 Å². The van der Waals surface area contributed by atoms with Crippen molar-refractivity contribution in [1.82, 2.24) is 15.2 Å². The number of piperidine rings is 1. The topological polar surface area (TPSA) is 40.5 Å². The van der Waals surface area contributed by atoms with Gasteiger partial charge < -0.3 is 10.2 Å². The summed E-state index contributed by atoms with van der Waals surface area (Å²) in [5.74, 6) is 1.05. The first kappa shape index (κ1) is 17.3. The van der Waals surface area contributed by atoms with Gasteiger partial charge >= 0.3 is 0 Å². The zero-order valence-corrected chi connectivity index (χ0v) is 15.3. The number of hydrogen-bond donors (Lipinski definition) is 1. The van der Waals surface area contributed by atoms with Crippen molar-refractivity contribution < 1.29 is 0 Å². The van der Waals surface area contributed by atoms with Crippen LogP contribution in [0.3, 0.4) is 0 Å². The minimum absolute atomic E-state index is 0.442. The number of likely N-dealkylation sites (tertiary alicyclic amines) is 1. The second kappa shape index (κ2) is 7.95. The number of guanidine groups is 1. The molecule has 4 nitrogen and oxygen atoms in total. The maximum atomic E-state index is 4.49. The van der Waals surface area contributed by atoms with Crippen LogP contribution in [0.1, 0.15) is 49.4 Å². The third kappa shape index (κ3) is 4.70. The van der Waals surface area contributed by atoms with Gasteiger partial charge in [-0.3, -0.25) is 4.99 Å². The van der Waals surface area contributed by atoms with Gasteiger partial charge in [-0.15, -0.1) is 11.3 Å². The number of nitrogens with zero attached hydrogens (tertiary/aromatic N) is 3. The van der Waals surface area contributed by atoms with Crippen molar-refractivity contribution in [3.63, 3.8) is 0 Å². The van der Waals surface area contributed by atoms with Crippen molar-refractivity contribution in [2.24, 2.45) is 10.4 Å². The van der Waals surface area contributed by atoms with E-state index in [1.165, 1.54) is 35.6 Å². The average Bonchev–Trinajstić information content (AvgIpc) is 2.89. The summed E-state index contributed by atoms with van der Waals surface area (Å²) in [7, 11) is 1.89. The van der Waals surface area contributed by atoms with E-state index in [1.54, 1.807) is 11.3 Å². The SMILES string of the molecule is CCCC1(C)CCCN(C(=NC)NCCc2ncc(C)s2)C1. The Kier molecular flexibility index (Phi) is 6.24. The first-order valence-corrected chi connectivity index (χ1v) is 9.25. The van der Waals surface area contributed by atoms with Crippen LogP contribution in [-0.2, 0) is 6.42 Å². The third-order valence-corrected chi connectivity index (χ3v) is 5.41. The molecule has 5 heteroatoms. The van der Waals surface area contributed by atoms with Crippen molar-refractivity contribution >= 4 is 17.3 Å². The number of nitrogens with one attached hydrogen (secondary N) is 1. The minimum atomic E-state index is 0.442. The Morgan fingerprint density at radius 3 is 3.00 bits per heavy atom. The highest BCUT2D eigenvalue weighted by Gasteiger charge is 2.31. The number of rotatable bonds is 5. The largest absolute Gasteiger partial charge is 0.356 e. The molecule has 1 aromatic heterocycles. The first-order chi connectivity index (χ1) is 10.6. The fourth-order valence-corrected chi connectivity index (χ4v) is 4.22. The molecular weight excluding hydrogens is 292 g/mol. The van der Waals surface area contributed by atoms with E-state index in [0.29, 0.717) is 5.41 Å². The normalized spacial score (nSPS) is 22.9. The van der Waals surface area contributed by atoms with E-state index in [-0.39, 0.29) is 0 Å². The van der Waals surface area contributed by atoms with E-state index < -0.39 is 0 Å². The van der Waals surface area contributed by atoms with Crippen LogP contribution >= 0.6 is 11.3 Å². The van der Waals surface area contributed by atoms with Crippen molar-refractivity contribution in [3.05, 3.63) is 16.1 Å². The van der Waals surface area contributed by atoms with Crippen molar-refractivity contribution in [3.8, 4) is 0 Å². The van der Waals surface area contributed by atoms with Gasteiger partial charge in [0, 0.05) is 44.2 Å². The lowest BCUT2D eigenvalue weighted by atomic mass is 9.78. The van der Waals surface area contributed by atoms with Gasteiger partial charge in [-0.25, -0.2) is 4.98 Å². The molecule has 0 saturated carbocycles. The molecule has 1 aliphatic heterocycles. The molecule has 1 saturated heterocycles. The molecule has 1 N–H and O–H groups in total. The summed E-state index contributed by atoms with van der Waals surface area (Å²) in [4.78, 5) is 12.6. The number of aromatic nitrogens is 1. The van der Waals surface area contributed by atoms with Gasteiger partial charge in [0.15, 0.2) is 5.96 Å². The number of hydrogen-bond acceptors (Lipinski definition) is 3. The second-order valence-corrected chi connectivity index (χ2v) is 7.99. The summed E-state index contributed by atoms with van der Waals surface area (Å²) in [6.07, 6.45) is 8.10. The van der Waals surface area contributed by atoms with Gasteiger partial charge in [-0.1, -0.05) is 20.3 Å². The maximum Gasteiger partial charge on any atom is 0.193 e. The van der Waals surface area contributed by atoms with Crippen LogP contribution in [0.4, 0.5) is 0 Å². The van der Waals surface area contributed by atoms with Gasteiger partial charge in [0.25, 0.3) is 0 Å². The standard InChI is InChI=1S/C17H30N4S/c1-5-8-17(3)9-6-11-21(13-17)16(18-4)19-10-7-15-20-12-14(2)22-15/h12H,5-11,13H2,1-4H3,(H,18,19). The summed E-state index contributed by atoms with van der Waals surface area (Å²) in [6, 6.07) is 0. The monoisotopic (exact) mass is 322 g/mol. The molecule has 0 aromatic carbocycles. The van der Waals surface area contributed by atoms with E-state index in [4.69, 9.17) is 0 Å². The molecule has 124 valence electrons. The minimum Gasteiger partial charge on any atom is -0.356 e. The van der Waals surface area contributed by atoms with Gasteiger partial charge in [0.1, 0.15) is 0 Å². The molecule has 0 bridgehead atoms. The zero-order valence-electron chi connectivity index (χ0n) is 14.5. The molecule has 0 radical (unpaired) electrons. The van der Waals surface area contributed by atoms with Crippen molar-refractivity contribution in [2.45, 2.75) is 52.9 Å². The van der Waals surface area contributed by atoms with Crippen molar-refractivity contribution in [1.29, 1.82) is 0 Å². The van der Waals surface area contributed by atoms with Gasteiger partial charge in [0.2, 0.25) is 0 Å². The second-order valence-electron chi connectivity index (χ2n) is 6.67. The Labute approximate surface area is 139 Å². The predicted octanol–water partition coefficient (Wildman–Crippen LogP) is 3.47. The first-order valence-electron chi connectivity index (χ1n) is 8.43. The number of aliphatic imine (C=N–C) groups is 1. The maximum absolute atomic E-state index is 4.49. The Hall–Kier alpha value is -1.10. The molecule has 0 aliphatic carbocycles. The predicted molar refractivity (Wildman–Crippen MR) is 95.7 cm³/mol. The Bertz CT molecular complexity index is 493. The smallest absolute Gasteiger partial charge is 0.193 e. The van der Waals surface area contributed by atoms with Gasteiger partial charge in [-0.2, -0.15) is 0 Å². The molecular formula is C17H30N4S. The van der Waals surface area contributed by atoms with Gasteiger partial charge in [-0.05, 0) is 31.6 Å². The van der Waals surface area contributed by atoms with E-state index in [9.17, 15) is 0 Å². The van der Waals surface area contributed by atoms with Crippen LogP contribution in [0.15, 0.2) is 11.2 Å². The van der Waals surface area contributed by atoms with Crippen LogP contribution in [0.25, 0.3) is 0 Å². The quantitative estimate of drug-likeness (QED) is 0.666. The molecule has 0 amide bonds. The summed E-state index contributed by atoms with van der Waals surface area (Å²) in [6.45, 7) is 9.96. The highest BCUT2D eigenvalue weighted by atomic mass is 32.1. The van der Waals surface area contributed by atoms with Crippen LogP contribution in [0.5, 0.6) is 0 Å². The summed E-state index contributed by atoms with van der Waals surface area (Å²) in [5.41, 5.74) is 0.442. The molecule has 1 unspecified atom stereocenters. The fraction of sp³-hybridized carbons (Fsp3) is 0.765.